The van der Waals surface area contributed by atoms with E-state index >= 15 is 0 Å². The van der Waals surface area contributed by atoms with Gasteiger partial charge < -0.3 is 10.5 Å². The molecule has 12 heavy (non-hydrogen) atoms. The van der Waals surface area contributed by atoms with Crippen molar-refractivity contribution in [3.8, 4) is 11.8 Å². The van der Waals surface area contributed by atoms with Crippen LogP contribution in [0, 0.1) is 11.3 Å². The third kappa shape index (κ3) is 1.44. The smallest absolute Gasteiger partial charge is 0.143 e. The number of rotatable bonds is 1. The Morgan fingerprint density at radius 1 is 1.58 bits per heavy atom. The predicted molar refractivity (Wildman–Crippen MR) is 47.1 cm³/mol. The predicted octanol–water partition coefficient (Wildman–Crippen LogP) is 1.80. The van der Waals surface area contributed by atoms with Crippen molar-refractivity contribution in [2.75, 3.05) is 12.8 Å². The second kappa shape index (κ2) is 3.33. The molecule has 1 rings (SSSR count). The summed E-state index contributed by atoms with van der Waals surface area (Å²) in [4.78, 5) is 0. The summed E-state index contributed by atoms with van der Waals surface area (Å²) in [5, 5.41) is 8.94. The standard InChI is InChI=1S/C8H7ClN2O/c1-12-8-2-5(4-10)6(9)3-7(8)11/h2-3H,11H2,1H3. The van der Waals surface area contributed by atoms with Gasteiger partial charge in [0.05, 0.1) is 23.4 Å². The molecule has 1 aromatic rings. The molecule has 0 fully saturated rings. The Kier molecular flexibility index (Phi) is 2.41. The first-order valence-corrected chi connectivity index (χ1v) is 3.60. The number of methoxy groups -OCH3 is 1. The fourth-order valence-corrected chi connectivity index (χ4v) is 1.05. The molecule has 0 aliphatic rings. The fraction of sp³-hybridized carbons (Fsp3) is 0.125. The largest absolute Gasteiger partial charge is 0.495 e. The van der Waals surface area contributed by atoms with Crippen molar-refractivity contribution in [2.45, 2.75) is 0 Å². The lowest BCUT2D eigenvalue weighted by Gasteiger charge is -2.04. The number of benzene rings is 1. The number of anilines is 1. The number of nitriles is 1. The zero-order valence-corrected chi connectivity index (χ0v) is 7.22. The summed E-state index contributed by atoms with van der Waals surface area (Å²) in [5.74, 6) is 0.468. The monoisotopic (exact) mass is 182 g/mol. The molecule has 0 spiro atoms. The van der Waals surface area contributed by atoms with Crippen molar-refractivity contribution in [3.05, 3.63) is 22.7 Å². The van der Waals surface area contributed by atoms with Crippen LogP contribution in [0.3, 0.4) is 0 Å². The first kappa shape index (κ1) is 8.69. The highest BCUT2D eigenvalue weighted by Crippen LogP contribution is 2.28. The number of ether oxygens (including phenoxy) is 1. The summed E-state index contributed by atoms with van der Waals surface area (Å²) in [6.07, 6.45) is 0. The molecule has 0 unspecified atom stereocenters. The van der Waals surface area contributed by atoms with Crippen LogP contribution < -0.4 is 10.5 Å². The number of nitrogens with two attached hydrogens (primary N) is 1. The normalized spacial score (nSPS) is 9.08. The van der Waals surface area contributed by atoms with Gasteiger partial charge in [0, 0.05) is 6.07 Å². The Morgan fingerprint density at radius 3 is 2.75 bits per heavy atom. The van der Waals surface area contributed by atoms with Crippen LogP contribution >= 0.6 is 11.6 Å². The summed E-state index contributed by atoms with van der Waals surface area (Å²) in [7, 11) is 1.49. The molecule has 0 amide bonds. The zero-order valence-electron chi connectivity index (χ0n) is 6.47. The average Bonchev–Trinajstić information content (AvgIpc) is 2.05. The second-order valence-corrected chi connectivity index (χ2v) is 2.59. The molecule has 2 N–H and O–H groups in total. The van der Waals surface area contributed by atoms with Gasteiger partial charge in [0.15, 0.2) is 0 Å². The van der Waals surface area contributed by atoms with Crippen molar-refractivity contribution in [2.24, 2.45) is 0 Å². The summed E-state index contributed by atoms with van der Waals surface area (Å²) in [5.41, 5.74) is 6.33. The maximum Gasteiger partial charge on any atom is 0.143 e. The van der Waals surface area contributed by atoms with Gasteiger partial charge in [-0.3, -0.25) is 0 Å². The molecule has 0 aromatic heterocycles. The van der Waals surface area contributed by atoms with Crippen LogP contribution in [-0.4, -0.2) is 7.11 Å². The Morgan fingerprint density at radius 2 is 2.25 bits per heavy atom. The van der Waals surface area contributed by atoms with Crippen LogP contribution in [0.5, 0.6) is 5.75 Å². The summed E-state index contributed by atoms with van der Waals surface area (Å²) in [6.45, 7) is 0. The first-order valence-electron chi connectivity index (χ1n) is 3.22. The molecule has 4 heteroatoms. The van der Waals surface area contributed by atoms with E-state index in [9.17, 15) is 0 Å². The minimum absolute atomic E-state index is 0.343. The lowest BCUT2D eigenvalue weighted by Crippen LogP contribution is -1.93. The number of hydrogen-bond donors (Lipinski definition) is 1. The Bertz CT molecular complexity index is 344. The van der Waals surface area contributed by atoms with Crippen molar-refractivity contribution < 1.29 is 4.74 Å². The fourth-order valence-electron chi connectivity index (χ4n) is 0.831. The minimum atomic E-state index is 0.343. The first-order chi connectivity index (χ1) is 5.69. The van der Waals surface area contributed by atoms with E-state index < -0.39 is 0 Å². The van der Waals surface area contributed by atoms with Gasteiger partial charge in [0.1, 0.15) is 11.8 Å². The van der Waals surface area contributed by atoms with Gasteiger partial charge in [-0.05, 0) is 6.07 Å². The molecule has 0 atom stereocenters. The molecular weight excluding hydrogens is 176 g/mol. The molecule has 0 bridgehead atoms. The number of nitrogen functional groups attached to an aromatic ring is 1. The van der Waals surface area contributed by atoms with E-state index in [2.05, 4.69) is 0 Å². The molecule has 0 saturated carbocycles. The lowest BCUT2D eigenvalue weighted by molar-refractivity contribution is 0.417. The summed E-state index contributed by atoms with van der Waals surface area (Å²) in [6, 6.07) is 4.94. The van der Waals surface area contributed by atoms with Gasteiger partial charge >= 0.3 is 0 Å². The quantitative estimate of drug-likeness (QED) is 0.674. The van der Waals surface area contributed by atoms with Crippen LogP contribution in [0.15, 0.2) is 12.1 Å². The zero-order chi connectivity index (χ0) is 9.14. The molecule has 1 aromatic carbocycles. The van der Waals surface area contributed by atoms with Crippen LogP contribution in [0.1, 0.15) is 5.56 Å². The molecule has 3 nitrogen and oxygen atoms in total. The highest BCUT2D eigenvalue weighted by molar-refractivity contribution is 6.32. The van der Waals surface area contributed by atoms with Crippen molar-refractivity contribution in [1.29, 1.82) is 5.26 Å². The summed E-state index contributed by atoms with van der Waals surface area (Å²) >= 11 is 5.70. The Balaban J connectivity index is 3.30. The van der Waals surface area contributed by atoms with Gasteiger partial charge in [0.2, 0.25) is 0 Å². The van der Waals surface area contributed by atoms with Crippen LogP contribution in [-0.2, 0) is 0 Å². The third-order valence-electron chi connectivity index (χ3n) is 1.44. The van der Waals surface area contributed by atoms with E-state index in [-0.39, 0.29) is 0 Å². The van der Waals surface area contributed by atoms with E-state index in [1.807, 2.05) is 6.07 Å². The van der Waals surface area contributed by atoms with Gasteiger partial charge in [-0.25, -0.2) is 0 Å². The molecular formula is C8H7ClN2O. The number of hydrogen-bond acceptors (Lipinski definition) is 3. The second-order valence-electron chi connectivity index (χ2n) is 2.19. The maximum atomic E-state index is 8.60. The summed E-state index contributed by atoms with van der Waals surface area (Å²) < 4.78 is 4.91. The SMILES string of the molecule is COc1cc(C#N)c(Cl)cc1N. The highest BCUT2D eigenvalue weighted by Gasteiger charge is 2.05. The van der Waals surface area contributed by atoms with E-state index in [0.29, 0.717) is 22.0 Å². The van der Waals surface area contributed by atoms with Crippen molar-refractivity contribution >= 4 is 17.3 Å². The molecule has 0 radical (unpaired) electrons. The van der Waals surface area contributed by atoms with Crippen LogP contribution in [0.2, 0.25) is 5.02 Å². The minimum Gasteiger partial charge on any atom is -0.495 e. The average molecular weight is 183 g/mol. The van der Waals surface area contributed by atoms with Crippen molar-refractivity contribution in [3.63, 3.8) is 0 Å². The van der Waals surface area contributed by atoms with Gasteiger partial charge in [-0.15, -0.1) is 0 Å². The van der Waals surface area contributed by atoms with Gasteiger partial charge in [-0.1, -0.05) is 11.6 Å². The maximum absolute atomic E-state index is 8.60. The number of halogens is 1. The van der Waals surface area contributed by atoms with Crippen molar-refractivity contribution in [1.82, 2.24) is 0 Å². The Hall–Kier alpha value is -1.40. The lowest BCUT2D eigenvalue weighted by atomic mass is 10.2. The topological polar surface area (TPSA) is 59.0 Å². The molecule has 0 aliphatic heterocycles. The molecule has 0 heterocycles. The highest BCUT2D eigenvalue weighted by atomic mass is 35.5. The third-order valence-corrected chi connectivity index (χ3v) is 1.75. The molecule has 62 valence electrons. The Labute approximate surface area is 75.3 Å². The van der Waals surface area contributed by atoms with Gasteiger partial charge in [0.25, 0.3) is 0 Å². The molecule has 0 aliphatic carbocycles. The van der Waals surface area contributed by atoms with E-state index in [1.165, 1.54) is 19.2 Å². The number of nitrogens with zero attached hydrogens (tertiary/aromatic N) is 1. The molecule has 0 saturated heterocycles. The van der Waals surface area contributed by atoms with E-state index in [0.717, 1.165) is 0 Å². The van der Waals surface area contributed by atoms with Crippen LogP contribution in [0.4, 0.5) is 5.69 Å². The van der Waals surface area contributed by atoms with E-state index in [1.54, 1.807) is 0 Å². The van der Waals surface area contributed by atoms with E-state index in [4.69, 9.17) is 27.3 Å². The van der Waals surface area contributed by atoms with Crippen LogP contribution in [0.25, 0.3) is 0 Å². The van der Waals surface area contributed by atoms with Gasteiger partial charge in [-0.2, -0.15) is 5.26 Å².